The molecule has 0 bridgehead atoms. The molecule has 16 heteroatoms. The monoisotopic (exact) mass is 554 g/mol. The topological polar surface area (TPSA) is 171 Å². The molecule has 0 amide bonds. The molecular formula is C21H16Cl2N4O10. The second-order valence-electron chi connectivity index (χ2n) is 7.09. The van der Waals surface area contributed by atoms with Crippen LogP contribution in [0.4, 0.5) is 5.69 Å². The van der Waals surface area contributed by atoms with E-state index in [-0.39, 0.29) is 30.2 Å². The lowest BCUT2D eigenvalue weighted by Crippen LogP contribution is -2.55. The van der Waals surface area contributed by atoms with Crippen molar-refractivity contribution in [2.24, 2.45) is 0 Å². The van der Waals surface area contributed by atoms with Crippen molar-refractivity contribution in [3.05, 3.63) is 88.0 Å². The van der Waals surface area contributed by atoms with Crippen molar-refractivity contribution in [1.29, 1.82) is 0 Å². The Balaban J connectivity index is 2.33. The minimum atomic E-state index is -1.41. The second-order valence-corrected chi connectivity index (χ2v) is 7.94. The molecule has 0 atom stereocenters. The Morgan fingerprint density at radius 2 is 1.46 bits per heavy atom. The molecule has 0 fully saturated rings. The maximum atomic E-state index is 13.2. The number of ether oxygens (including phenoxy) is 3. The number of carbonyl (C=O) groups excluding carboxylic acids is 2. The highest BCUT2D eigenvalue weighted by molar-refractivity contribution is 6.35. The van der Waals surface area contributed by atoms with Gasteiger partial charge in [0.1, 0.15) is 30.3 Å². The zero-order chi connectivity index (χ0) is 27.4. The van der Waals surface area contributed by atoms with Crippen molar-refractivity contribution in [1.82, 2.24) is 13.7 Å². The van der Waals surface area contributed by atoms with Gasteiger partial charge in [-0.15, -0.1) is 0 Å². The zero-order valence-corrected chi connectivity index (χ0v) is 20.5. The van der Waals surface area contributed by atoms with Gasteiger partial charge in [0.2, 0.25) is 0 Å². The molecule has 2 aromatic carbocycles. The maximum Gasteiger partial charge on any atom is 0.341 e. The van der Waals surface area contributed by atoms with Gasteiger partial charge in [-0.2, -0.15) is 0 Å². The second kappa shape index (κ2) is 11.1. The van der Waals surface area contributed by atoms with Gasteiger partial charge < -0.3 is 14.2 Å². The Bertz CT molecular complexity index is 1540. The van der Waals surface area contributed by atoms with Crippen LogP contribution in [0, 0.1) is 10.1 Å². The highest BCUT2D eigenvalue weighted by Gasteiger charge is 2.26. The van der Waals surface area contributed by atoms with Crippen LogP contribution in [-0.4, -0.2) is 44.8 Å². The van der Waals surface area contributed by atoms with Gasteiger partial charge >= 0.3 is 29.0 Å². The minimum absolute atomic E-state index is 0.0941. The van der Waals surface area contributed by atoms with Crippen LogP contribution in [0.2, 0.25) is 10.0 Å². The normalized spacial score (nSPS) is 10.6. The summed E-state index contributed by atoms with van der Waals surface area (Å²) in [6, 6.07) is 7.35. The van der Waals surface area contributed by atoms with E-state index in [2.05, 4.69) is 9.47 Å². The molecule has 0 radical (unpaired) electrons. The van der Waals surface area contributed by atoms with Crippen LogP contribution in [0.5, 0.6) is 11.5 Å². The van der Waals surface area contributed by atoms with Crippen LogP contribution in [0.25, 0.3) is 5.69 Å². The molecule has 0 saturated heterocycles. The fourth-order valence-corrected chi connectivity index (χ4v) is 3.53. The Morgan fingerprint density at radius 1 is 0.892 bits per heavy atom. The first kappa shape index (κ1) is 27.2. The molecule has 0 aliphatic rings. The summed E-state index contributed by atoms with van der Waals surface area (Å²) in [5.41, 5.74) is -5.52. The van der Waals surface area contributed by atoms with Gasteiger partial charge in [0.15, 0.2) is 0 Å². The number of hydrogen-bond donors (Lipinski definition) is 0. The van der Waals surface area contributed by atoms with Crippen LogP contribution >= 0.6 is 23.2 Å². The van der Waals surface area contributed by atoms with E-state index < -0.39 is 58.4 Å². The average molecular weight is 555 g/mol. The van der Waals surface area contributed by atoms with E-state index >= 15 is 0 Å². The average Bonchev–Trinajstić information content (AvgIpc) is 2.85. The molecule has 1 heterocycles. The summed E-state index contributed by atoms with van der Waals surface area (Å²) >= 11 is 12.0. The number of hydrogen-bond acceptors (Lipinski definition) is 10. The summed E-state index contributed by atoms with van der Waals surface area (Å²) in [5, 5.41) is 12.2. The first-order chi connectivity index (χ1) is 17.5. The summed E-state index contributed by atoms with van der Waals surface area (Å²) in [4.78, 5) is 73.7. The number of halogens is 2. The summed E-state index contributed by atoms with van der Waals surface area (Å²) in [5.74, 6) is -2.09. The third-order valence-corrected chi connectivity index (χ3v) is 5.37. The summed E-state index contributed by atoms with van der Waals surface area (Å²) in [7, 11) is 1.98. The van der Waals surface area contributed by atoms with Crippen molar-refractivity contribution in [2.75, 3.05) is 14.2 Å². The highest BCUT2D eigenvalue weighted by atomic mass is 35.5. The molecule has 14 nitrogen and oxygen atoms in total. The van der Waals surface area contributed by atoms with Crippen LogP contribution in [0.1, 0.15) is 0 Å². The zero-order valence-electron chi connectivity index (χ0n) is 19.0. The maximum absolute atomic E-state index is 13.2. The van der Waals surface area contributed by atoms with Crippen molar-refractivity contribution in [2.45, 2.75) is 13.1 Å². The first-order valence-electron chi connectivity index (χ1n) is 10.0. The smallest absolute Gasteiger partial charge is 0.341 e. The Kier molecular flexibility index (Phi) is 8.14. The van der Waals surface area contributed by atoms with E-state index in [1.807, 2.05) is 0 Å². The van der Waals surface area contributed by atoms with Crippen molar-refractivity contribution in [3.8, 4) is 17.2 Å². The van der Waals surface area contributed by atoms with Crippen LogP contribution < -0.4 is 21.8 Å². The van der Waals surface area contributed by atoms with E-state index in [0.717, 1.165) is 26.4 Å². The van der Waals surface area contributed by atoms with E-state index in [1.165, 1.54) is 24.3 Å². The summed E-state index contributed by atoms with van der Waals surface area (Å²) in [6.07, 6.45) is 0. The minimum Gasteiger partial charge on any atom is -0.468 e. The van der Waals surface area contributed by atoms with E-state index in [9.17, 15) is 34.1 Å². The molecule has 194 valence electrons. The van der Waals surface area contributed by atoms with Crippen molar-refractivity contribution < 1.29 is 28.7 Å². The van der Waals surface area contributed by atoms with Crippen molar-refractivity contribution in [3.63, 3.8) is 0 Å². The number of nitrogens with zero attached hydrogens (tertiary/aromatic N) is 4. The number of benzene rings is 2. The highest BCUT2D eigenvalue weighted by Crippen LogP contribution is 2.34. The molecule has 0 saturated carbocycles. The van der Waals surface area contributed by atoms with Gasteiger partial charge in [-0.05, 0) is 24.3 Å². The van der Waals surface area contributed by atoms with Crippen LogP contribution in [0.15, 0.2) is 50.8 Å². The van der Waals surface area contributed by atoms with E-state index in [4.69, 9.17) is 27.9 Å². The van der Waals surface area contributed by atoms with Gasteiger partial charge in [0, 0.05) is 17.2 Å². The number of carbonyl (C=O) groups is 2. The summed E-state index contributed by atoms with van der Waals surface area (Å²) < 4.78 is 15.4. The van der Waals surface area contributed by atoms with Crippen molar-refractivity contribution >= 4 is 40.8 Å². The van der Waals surface area contributed by atoms with Gasteiger partial charge in [-0.25, -0.2) is 28.1 Å². The third kappa shape index (κ3) is 5.70. The van der Waals surface area contributed by atoms with Gasteiger partial charge in [-0.1, -0.05) is 23.2 Å². The van der Waals surface area contributed by atoms with Gasteiger partial charge in [0.25, 0.3) is 5.69 Å². The molecule has 3 aromatic rings. The number of esters is 2. The van der Waals surface area contributed by atoms with E-state index in [0.29, 0.717) is 5.02 Å². The lowest BCUT2D eigenvalue weighted by molar-refractivity contribution is -0.384. The largest absolute Gasteiger partial charge is 0.468 e. The first-order valence-corrected chi connectivity index (χ1v) is 10.8. The van der Waals surface area contributed by atoms with Crippen LogP contribution in [-0.2, 0) is 32.2 Å². The molecule has 1 aromatic heterocycles. The lowest BCUT2D eigenvalue weighted by atomic mass is 10.2. The number of methoxy groups -OCH3 is 2. The lowest BCUT2D eigenvalue weighted by Gasteiger charge is -2.14. The Labute approximate surface area is 215 Å². The van der Waals surface area contributed by atoms with E-state index in [1.54, 1.807) is 0 Å². The molecule has 0 unspecified atom stereocenters. The van der Waals surface area contributed by atoms with Gasteiger partial charge in [0.05, 0.1) is 24.2 Å². The predicted octanol–water partition coefficient (Wildman–Crippen LogP) is 1.51. The fourth-order valence-electron chi connectivity index (χ4n) is 3.08. The molecule has 37 heavy (non-hydrogen) atoms. The van der Waals surface area contributed by atoms with Crippen LogP contribution in [0.3, 0.4) is 0 Å². The Morgan fingerprint density at radius 3 is 1.95 bits per heavy atom. The standard InChI is InChI=1S/C21H16Cl2N4O10/c1-35-17(28)9-24-19(30)25(10-18(29)36-2)21(32)26(20(24)31)15-8-12(4-5-14(15)27(33)34)37-16-6-3-11(22)7-13(16)23/h3-8H,9-10H2,1-2H3. The molecule has 0 N–H and O–H groups in total. The molecule has 0 aliphatic heterocycles. The SMILES string of the molecule is COC(=O)Cn1c(=O)n(CC(=O)OC)c(=O)n(-c2cc(Oc3ccc(Cl)cc3Cl)ccc2[N+](=O)[O-])c1=O. The predicted molar refractivity (Wildman–Crippen MR) is 128 cm³/mol. The number of nitro benzene ring substituents is 1. The molecular weight excluding hydrogens is 539 g/mol. The molecule has 3 rings (SSSR count). The van der Waals surface area contributed by atoms with Gasteiger partial charge in [-0.3, -0.25) is 19.7 Å². The fraction of sp³-hybridized carbons (Fsp3) is 0.190. The number of aromatic nitrogens is 3. The quantitative estimate of drug-likeness (QED) is 0.225. The number of nitro groups is 1. The Hall–Kier alpha value is -4.43. The molecule has 0 spiro atoms. The third-order valence-electron chi connectivity index (χ3n) is 4.84. The number of rotatable bonds is 8. The summed E-state index contributed by atoms with van der Waals surface area (Å²) in [6.45, 7) is -1.92. The molecule has 0 aliphatic carbocycles.